The van der Waals surface area contributed by atoms with Gasteiger partial charge in [-0.05, 0) is 59.9 Å². The zero-order valence-corrected chi connectivity index (χ0v) is 17.4. The van der Waals surface area contributed by atoms with E-state index in [4.69, 9.17) is 9.84 Å². The molecule has 0 aliphatic rings. The number of ether oxygens (including phenoxy) is 1. The monoisotopic (exact) mass is 404 g/mol. The Morgan fingerprint density at radius 2 is 1.69 bits per heavy atom. The molecule has 0 aromatic heterocycles. The van der Waals surface area contributed by atoms with E-state index >= 15 is 0 Å². The van der Waals surface area contributed by atoms with Crippen LogP contribution < -0.4 is 4.74 Å². The van der Waals surface area contributed by atoms with Crippen LogP contribution in [0.2, 0.25) is 0 Å². The third-order valence-corrected chi connectivity index (χ3v) is 5.48. The van der Waals surface area contributed by atoms with Crippen molar-refractivity contribution in [1.29, 1.82) is 0 Å². The quantitative estimate of drug-likeness (QED) is 0.468. The molecule has 0 spiro atoms. The zero-order valence-electron chi connectivity index (χ0n) is 16.6. The van der Waals surface area contributed by atoms with Crippen LogP contribution in [-0.4, -0.2) is 23.4 Å². The Balaban J connectivity index is 1.78. The van der Waals surface area contributed by atoms with Crippen LogP contribution in [0.15, 0.2) is 83.8 Å². The Bertz CT molecular complexity index is 1010. The summed E-state index contributed by atoms with van der Waals surface area (Å²) < 4.78 is 5.30. The van der Waals surface area contributed by atoms with Gasteiger partial charge < -0.3 is 9.84 Å². The zero-order chi connectivity index (χ0) is 20.6. The van der Waals surface area contributed by atoms with E-state index in [9.17, 15) is 4.79 Å². The lowest BCUT2D eigenvalue weighted by Gasteiger charge is -2.12. The van der Waals surface area contributed by atoms with Gasteiger partial charge in [0.25, 0.3) is 0 Å². The van der Waals surface area contributed by atoms with Crippen molar-refractivity contribution < 1.29 is 14.6 Å². The van der Waals surface area contributed by atoms with Crippen molar-refractivity contribution >= 4 is 23.3 Å². The molecule has 0 amide bonds. The molecule has 3 aromatic carbocycles. The predicted octanol–water partition coefficient (Wildman–Crippen LogP) is 5.99. The van der Waals surface area contributed by atoms with Gasteiger partial charge in [-0.3, -0.25) is 0 Å². The highest BCUT2D eigenvalue weighted by atomic mass is 32.2. The first-order valence-electron chi connectivity index (χ1n) is 9.44. The van der Waals surface area contributed by atoms with E-state index < -0.39 is 5.97 Å². The second kappa shape index (κ2) is 9.99. The summed E-state index contributed by atoms with van der Waals surface area (Å²) in [6.07, 6.45) is 2.27. The molecule has 0 aliphatic heterocycles. The van der Waals surface area contributed by atoms with Crippen LogP contribution in [0, 0.1) is 13.8 Å². The largest absolute Gasteiger partial charge is 0.482 e. The van der Waals surface area contributed by atoms with Gasteiger partial charge in [0, 0.05) is 10.6 Å². The van der Waals surface area contributed by atoms with Crippen LogP contribution in [0.3, 0.4) is 0 Å². The standard InChI is InChI=1S/C25H24O3S/c1-18-8-6-7-11-22(18)23(20-9-4-3-5-10-20)14-15-29-21-12-13-24(19(2)16-21)28-17-25(26)27/h3-14,16H,15,17H2,1-2H3,(H,26,27)/b23-14-. The fourth-order valence-electron chi connectivity index (χ4n) is 3.11. The van der Waals surface area contributed by atoms with Crippen LogP contribution >= 0.6 is 11.8 Å². The van der Waals surface area contributed by atoms with Crippen molar-refractivity contribution in [2.75, 3.05) is 12.4 Å². The molecule has 0 saturated carbocycles. The summed E-state index contributed by atoms with van der Waals surface area (Å²) >= 11 is 1.74. The maximum Gasteiger partial charge on any atom is 0.341 e. The molecular weight excluding hydrogens is 380 g/mol. The molecule has 0 fully saturated rings. The SMILES string of the molecule is Cc1cc(SC/C=C(/c2ccccc2)c2ccccc2C)ccc1OCC(=O)O. The Labute approximate surface area is 176 Å². The first-order chi connectivity index (χ1) is 14.0. The smallest absolute Gasteiger partial charge is 0.341 e. The van der Waals surface area contributed by atoms with Crippen molar-refractivity contribution in [3.05, 3.63) is 101 Å². The van der Waals surface area contributed by atoms with Crippen molar-refractivity contribution in [2.45, 2.75) is 18.7 Å². The van der Waals surface area contributed by atoms with Gasteiger partial charge in [0.2, 0.25) is 0 Å². The number of rotatable bonds is 8. The molecule has 29 heavy (non-hydrogen) atoms. The fraction of sp³-hybridized carbons (Fsp3) is 0.160. The molecule has 0 aliphatic carbocycles. The van der Waals surface area contributed by atoms with E-state index in [2.05, 4.69) is 61.5 Å². The maximum absolute atomic E-state index is 10.7. The van der Waals surface area contributed by atoms with Gasteiger partial charge in [-0.15, -0.1) is 11.8 Å². The maximum atomic E-state index is 10.7. The minimum Gasteiger partial charge on any atom is -0.482 e. The average Bonchev–Trinajstić information content (AvgIpc) is 2.72. The Morgan fingerprint density at radius 1 is 0.966 bits per heavy atom. The van der Waals surface area contributed by atoms with E-state index in [-0.39, 0.29) is 6.61 Å². The van der Waals surface area contributed by atoms with Crippen LogP contribution in [0.5, 0.6) is 5.75 Å². The predicted molar refractivity (Wildman–Crippen MR) is 120 cm³/mol. The van der Waals surface area contributed by atoms with E-state index in [1.54, 1.807) is 11.8 Å². The van der Waals surface area contributed by atoms with E-state index in [0.717, 1.165) is 16.2 Å². The molecular formula is C25H24O3S. The molecule has 1 N–H and O–H groups in total. The fourth-order valence-corrected chi connectivity index (χ4v) is 3.98. The van der Waals surface area contributed by atoms with Gasteiger partial charge in [0.15, 0.2) is 6.61 Å². The number of carbonyl (C=O) groups is 1. The van der Waals surface area contributed by atoms with Gasteiger partial charge in [-0.2, -0.15) is 0 Å². The Morgan fingerprint density at radius 3 is 2.38 bits per heavy atom. The molecule has 3 nitrogen and oxygen atoms in total. The molecule has 0 heterocycles. The summed E-state index contributed by atoms with van der Waals surface area (Å²) in [6, 6.07) is 24.7. The molecule has 0 atom stereocenters. The number of carboxylic acid groups (broad SMARTS) is 1. The Hall–Kier alpha value is -2.98. The van der Waals surface area contributed by atoms with Gasteiger partial charge in [-0.1, -0.05) is 60.7 Å². The van der Waals surface area contributed by atoms with E-state index in [1.807, 2.05) is 31.2 Å². The second-order valence-corrected chi connectivity index (χ2v) is 7.81. The Kier molecular flexibility index (Phi) is 7.14. The summed E-state index contributed by atoms with van der Waals surface area (Å²) in [5.74, 6) is 0.461. The lowest BCUT2D eigenvalue weighted by atomic mass is 9.94. The minimum absolute atomic E-state index is 0.326. The highest BCUT2D eigenvalue weighted by Crippen LogP contribution is 2.29. The van der Waals surface area contributed by atoms with Crippen molar-refractivity contribution in [1.82, 2.24) is 0 Å². The van der Waals surface area contributed by atoms with Crippen LogP contribution in [0.25, 0.3) is 5.57 Å². The number of hydrogen-bond donors (Lipinski definition) is 1. The number of benzene rings is 3. The lowest BCUT2D eigenvalue weighted by molar-refractivity contribution is -0.139. The van der Waals surface area contributed by atoms with Crippen LogP contribution in [-0.2, 0) is 4.79 Å². The number of carboxylic acids is 1. The lowest BCUT2D eigenvalue weighted by Crippen LogP contribution is -2.09. The summed E-state index contributed by atoms with van der Waals surface area (Å²) in [5.41, 5.74) is 5.86. The molecule has 3 aromatic rings. The van der Waals surface area contributed by atoms with Crippen LogP contribution in [0.1, 0.15) is 22.3 Å². The highest BCUT2D eigenvalue weighted by Gasteiger charge is 2.08. The molecule has 148 valence electrons. The third kappa shape index (κ3) is 5.75. The summed E-state index contributed by atoms with van der Waals surface area (Å²) in [7, 11) is 0. The van der Waals surface area contributed by atoms with Gasteiger partial charge in [0.1, 0.15) is 5.75 Å². The molecule has 3 rings (SSSR count). The normalized spacial score (nSPS) is 11.3. The third-order valence-electron chi connectivity index (χ3n) is 4.56. The number of aliphatic carboxylic acids is 1. The number of thioether (sulfide) groups is 1. The van der Waals surface area contributed by atoms with Crippen molar-refractivity contribution in [2.24, 2.45) is 0 Å². The molecule has 4 heteroatoms. The van der Waals surface area contributed by atoms with Gasteiger partial charge in [0.05, 0.1) is 0 Å². The number of aryl methyl sites for hydroxylation is 2. The van der Waals surface area contributed by atoms with E-state index in [1.165, 1.54) is 22.3 Å². The minimum atomic E-state index is -0.974. The summed E-state index contributed by atoms with van der Waals surface area (Å²) in [5, 5.41) is 8.76. The molecule has 0 saturated heterocycles. The summed E-state index contributed by atoms with van der Waals surface area (Å²) in [6.45, 7) is 3.74. The first-order valence-corrected chi connectivity index (χ1v) is 10.4. The number of hydrogen-bond acceptors (Lipinski definition) is 3. The first kappa shape index (κ1) is 20.7. The second-order valence-electron chi connectivity index (χ2n) is 6.72. The molecule has 0 unspecified atom stereocenters. The average molecular weight is 405 g/mol. The molecule has 0 bridgehead atoms. The van der Waals surface area contributed by atoms with Gasteiger partial charge in [-0.25, -0.2) is 4.79 Å². The highest BCUT2D eigenvalue weighted by molar-refractivity contribution is 7.99. The molecule has 0 radical (unpaired) electrons. The van der Waals surface area contributed by atoms with E-state index in [0.29, 0.717) is 5.75 Å². The van der Waals surface area contributed by atoms with Crippen LogP contribution in [0.4, 0.5) is 0 Å². The summed E-state index contributed by atoms with van der Waals surface area (Å²) in [4.78, 5) is 11.8. The topological polar surface area (TPSA) is 46.5 Å². The van der Waals surface area contributed by atoms with Gasteiger partial charge >= 0.3 is 5.97 Å². The van der Waals surface area contributed by atoms with Crippen molar-refractivity contribution in [3.8, 4) is 5.75 Å². The van der Waals surface area contributed by atoms with Crippen molar-refractivity contribution in [3.63, 3.8) is 0 Å².